The van der Waals surface area contributed by atoms with E-state index < -0.39 is 0 Å². The van der Waals surface area contributed by atoms with E-state index in [2.05, 4.69) is 28.2 Å². The number of hydrogen-bond donors (Lipinski definition) is 1. The van der Waals surface area contributed by atoms with Crippen LogP contribution in [0.25, 0.3) is 0 Å². The molecular weight excluding hydrogens is 282 g/mol. The van der Waals surface area contributed by atoms with Gasteiger partial charge in [-0.1, -0.05) is 22.9 Å². The van der Waals surface area contributed by atoms with Gasteiger partial charge in [0.25, 0.3) is 0 Å². The van der Waals surface area contributed by atoms with Gasteiger partial charge in [0.05, 0.1) is 0 Å². The van der Waals surface area contributed by atoms with Crippen molar-refractivity contribution in [1.82, 2.24) is 5.32 Å². The number of likely N-dealkylation sites (N-methyl/N-ethyl adjacent to an activating group) is 1. The first-order chi connectivity index (χ1) is 8.24. The number of halogens is 1. The van der Waals surface area contributed by atoms with Crippen molar-refractivity contribution in [3.63, 3.8) is 0 Å². The lowest BCUT2D eigenvalue weighted by Crippen LogP contribution is -2.60. The van der Waals surface area contributed by atoms with Crippen LogP contribution >= 0.6 is 15.9 Å². The molecule has 1 N–H and O–H groups in total. The second kappa shape index (κ2) is 5.85. The molecular formula is C13H18BrNO2. The van der Waals surface area contributed by atoms with Crippen LogP contribution in [0.5, 0.6) is 5.75 Å². The van der Waals surface area contributed by atoms with Crippen LogP contribution in [0.15, 0.2) is 28.7 Å². The molecule has 17 heavy (non-hydrogen) atoms. The number of ether oxygens (including phenoxy) is 2. The van der Waals surface area contributed by atoms with E-state index in [0.717, 1.165) is 23.2 Å². The molecule has 4 heteroatoms. The van der Waals surface area contributed by atoms with Crippen molar-refractivity contribution in [3.05, 3.63) is 28.7 Å². The SMILES string of the molecule is CCNC1CC(Oc2ccc(Br)cc2)C1OC. The van der Waals surface area contributed by atoms with Gasteiger partial charge in [0.15, 0.2) is 0 Å². The Kier molecular flexibility index (Phi) is 4.42. The van der Waals surface area contributed by atoms with Crippen molar-refractivity contribution >= 4 is 15.9 Å². The highest BCUT2D eigenvalue weighted by Gasteiger charge is 2.42. The van der Waals surface area contributed by atoms with Crippen LogP contribution in [-0.2, 0) is 4.74 Å². The van der Waals surface area contributed by atoms with Crippen LogP contribution in [-0.4, -0.2) is 31.9 Å². The largest absolute Gasteiger partial charge is 0.488 e. The number of nitrogens with one attached hydrogen (secondary N) is 1. The highest BCUT2D eigenvalue weighted by atomic mass is 79.9. The van der Waals surface area contributed by atoms with Crippen LogP contribution in [0.2, 0.25) is 0 Å². The van der Waals surface area contributed by atoms with Crippen LogP contribution in [0.3, 0.4) is 0 Å². The van der Waals surface area contributed by atoms with E-state index in [-0.39, 0.29) is 12.2 Å². The standard InChI is InChI=1S/C13H18BrNO2/c1-3-15-11-8-12(13(11)16-2)17-10-6-4-9(14)5-7-10/h4-7,11-13,15H,3,8H2,1-2H3. The molecule has 94 valence electrons. The van der Waals surface area contributed by atoms with Gasteiger partial charge in [-0.25, -0.2) is 0 Å². The predicted molar refractivity (Wildman–Crippen MR) is 71.4 cm³/mol. The number of benzene rings is 1. The average Bonchev–Trinajstić information content (AvgIpc) is 2.30. The minimum absolute atomic E-state index is 0.151. The molecule has 1 aliphatic rings. The normalized spacial score (nSPS) is 27.6. The summed E-state index contributed by atoms with van der Waals surface area (Å²) in [4.78, 5) is 0. The molecule has 3 atom stereocenters. The molecule has 3 nitrogen and oxygen atoms in total. The minimum Gasteiger partial charge on any atom is -0.488 e. The highest BCUT2D eigenvalue weighted by molar-refractivity contribution is 9.10. The molecule has 1 aromatic carbocycles. The molecule has 0 aromatic heterocycles. The zero-order valence-electron chi connectivity index (χ0n) is 10.2. The van der Waals surface area contributed by atoms with Gasteiger partial charge < -0.3 is 14.8 Å². The van der Waals surface area contributed by atoms with Gasteiger partial charge in [-0.05, 0) is 30.8 Å². The summed E-state index contributed by atoms with van der Waals surface area (Å²) < 4.78 is 12.4. The fraction of sp³-hybridized carbons (Fsp3) is 0.538. The van der Waals surface area contributed by atoms with Crippen molar-refractivity contribution in [2.45, 2.75) is 31.6 Å². The molecule has 0 aliphatic heterocycles. The fourth-order valence-corrected chi connectivity index (χ4v) is 2.43. The van der Waals surface area contributed by atoms with Crippen LogP contribution in [0.1, 0.15) is 13.3 Å². The summed E-state index contributed by atoms with van der Waals surface area (Å²) in [5, 5.41) is 3.40. The van der Waals surface area contributed by atoms with Crippen molar-refractivity contribution < 1.29 is 9.47 Å². The third kappa shape index (κ3) is 3.00. The zero-order valence-corrected chi connectivity index (χ0v) is 11.7. The summed E-state index contributed by atoms with van der Waals surface area (Å²) in [7, 11) is 1.74. The van der Waals surface area contributed by atoms with E-state index in [1.54, 1.807) is 7.11 Å². The van der Waals surface area contributed by atoms with Crippen molar-refractivity contribution in [3.8, 4) is 5.75 Å². The molecule has 0 heterocycles. The number of rotatable bonds is 5. The zero-order chi connectivity index (χ0) is 12.3. The Bertz CT molecular complexity index is 355. The van der Waals surface area contributed by atoms with E-state index in [1.807, 2.05) is 24.3 Å². The first-order valence-electron chi connectivity index (χ1n) is 5.93. The van der Waals surface area contributed by atoms with E-state index in [9.17, 15) is 0 Å². The number of methoxy groups -OCH3 is 1. The molecule has 1 aliphatic carbocycles. The number of hydrogen-bond acceptors (Lipinski definition) is 3. The monoisotopic (exact) mass is 299 g/mol. The highest BCUT2D eigenvalue weighted by Crippen LogP contribution is 2.29. The summed E-state index contributed by atoms with van der Waals surface area (Å²) in [5.41, 5.74) is 0. The maximum atomic E-state index is 5.90. The Labute approximate surface area is 111 Å². The lowest BCUT2D eigenvalue weighted by atomic mass is 9.85. The van der Waals surface area contributed by atoms with Gasteiger partial charge in [0.2, 0.25) is 0 Å². The lowest BCUT2D eigenvalue weighted by Gasteiger charge is -2.43. The van der Waals surface area contributed by atoms with Gasteiger partial charge in [0.1, 0.15) is 18.0 Å². The Morgan fingerprint density at radius 2 is 2.06 bits per heavy atom. The Morgan fingerprint density at radius 1 is 1.35 bits per heavy atom. The molecule has 3 unspecified atom stereocenters. The maximum absolute atomic E-state index is 5.90. The van der Waals surface area contributed by atoms with E-state index in [0.29, 0.717) is 6.04 Å². The summed E-state index contributed by atoms with van der Waals surface area (Å²) in [6.07, 6.45) is 1.31. The third-order valence-electron chi connectivity index (χ3n) is 3.09. The summed E-state index contributed by atoms with van der Waals surface area (Å²) in [5.74, 6) is 0.898. The average molecular weight is 300 g/mol. The second-order valence-corrected chi connectivity index (χ2v) is 5.13. The van der Waals surface area contributed by atoms with Gasteiger partial charge >= 0.3 is 0 Å². The molecule has 0 radical (unpaired) electrons. The third-order valence-corrected chi connectivity index (χ3v) is 3.62. The van der Waals surface area contributed by atoms with Gasteiger partial charge in [-0.15, -0.1) is 0 Å². The second-order valence-electron chi connectivity index (χ2n) is 4.21. The van der Waals surface area contributed by atoms with Crippen LogP contribution < -0.4 is 10.1 Å². The van der Waals surface area contributed by atoms with E-state index in [1.165, 1.54) is 0 Å². The lowest BCUT2D eigenvalue weighted by molar-refractivity contribution is -0.0884. The molecule has 2 rings (SSSR count). The predicted octanol–water partition coefficient (Wildman–Crippen LogP) is 2.59. The summed E-state index contributed by atoms with van der Waals surface area (Å²) >= 11 is 3.41. The quantitative estimate of drug-likeness (QED) is 0.906. The first kappa shape index (κ1) is 12.9. The summed E-state index contributed by atoms with van der Waals surface area (Å²) in [6, 6.07) is 8.33. The van der Waals surface area contributed by atoms with E-state index >= 15 is 0 Å². The van der Waals surface area contributed by atoms with Gasteiger partial charge in [0, 0.05) is 24.0 Å². The molecule has 1 fully saturated rings. The van der Waals surface area contributed by atoms with Crippen LogP contribution in [0.4, 0.5) is 0 Å². The molecule has 1 saturated carbocycles. The maximum Gasteiger partial charge on any atom is 0.128 e. The minimum atomic E-state index is 0.151. The van der Waals surface area contributed by atoms with E-state index in [4.69, 9.17) is 9.47 Å². The smallest absolute Gasteiger partial charge is 0.128 e. The van der Waals surface area contributed by atoms with Gasteiger partial charge in [-0.2, -0.15) is 0 Å². The topological polar surface area (TPSA) is 30.5 Å². The fourth-order valence-electron chi connectivity index (χ4n) is 2.16. The molecule has 1 aromatic rings. The molecule has 0 saturated heterocycles. The van der Waals surface area contributed by atoms with Crippen molar-refractivity contribution in [1.29, 1.82) is 0 Å². The van der Waals surface area contributed by atoms with Gasteiger partial charge in [-0.3, -0.25) is 0 Å². The first-order valence-corrected chi connectivity index (χ1v) is 6.72. The van der Waals surface area contributed by atoms with Crippen LogP contribution in [0, 0.1) is 0 Å². The molecule has 0 spiro atoms. The van der Waals surface area contributed by atoms with Crippen molar-refractivity contribution in [2.24, 2.45) is 0 Å². The Hall–Kier alpha value is -0.580. The Balaban J connectivity index is 1.90. The molecule has 0 amide bonds. The summed E-state index contributed by atoms with van der Waals surface area (Å²) in [6.45, 7) is 3.07. The molecule has 0 bridgehead atoms. The Morgan fingerprint density at radius 3 is 2.65 bits per heavy atom. The van der Waals surface area contributed by atoms with Crippen molar-refractivity contribution in [2.75, 3.05) is 13.7 Å².